The molecular formula is C15H14BrClN2O2. The minimum Gasteiger partial charge on any atom is -0.496 e. The van der Waals surface area contributed by atoms with Gasteiger partial charge in [-0.15, -0.1) is 0 Å². The van der Waals surface area contributed by atoms with Crippen molar-refractivity contribution < 1.29 is 9.53 Å². The molecule has 0 heterocycles. The van der Waals surface area contributed by atoms with Gasteiger partial charge in [0.2, 0.25) is 0 Å². The van der Waals surface area contributed by atoms with Gasteiger partial charge < -0.3 is 15.8 Å². The lowest BCUT2D eigenvalue weighted by atomic mass is 10.1. The maximum absolute atomic E-state index is 12.2. The van der Waals surface area contributed by atoms with Gasteiger partial charge in [0.15, 0.2) is 0 Å². The van der Waals surface area contributed by atoms with E-state index in [-0.39, 0.29) is 5.91 Å². The lowest BCUT2D eigenvalue weighted by molar-refractivity contribution is 0.0951. The van der Waals surface area contributed by atoms with Gasteiger partial charge in [-0.1, -0.05) is 17.7 Å². The summed E-state index contributed by atoms with van der Waals surface area (Å²) in [6, 6.07) is 10.5. The second-order valence-corrected chi connectivity index (χ2v) is 5.59. The van der Waals surface area contributed by atoms with Gasteiger partial charge in [-0.05, 0) is 46.3 Å². The van der Waals surface area contributed by atoms with E-state index in [1.54, 1.807) is 43.5 Å². The molecule has 2 rings (SSSR count). The van der Waals surface area contributed by atoms with E-state index in [1.165, 1.54) is 0 Å². The van der Waals surface area contributed by atoms with Crippen LogP contribution >= 0.6 is 27.5 Å². The Morgan fingerprint density at radius 1 is 1.38 bits per heavy atom. The Morgan fingerprint density at radius 2 is 2.14 bits per heavy atom. The number of anilines is 1. The number of carbonyl (C=O) groups excluding carboxylic acids is 1. The van der Waals surface area contributed by atoms with E-state index in [4.69, 9.17) is 22.1 Å². The molecule has 2 aromatic rings. The number of nitrogens with one attached hydrogen (secondary N) is 1. The van der Waals surface area contributed by atoms with Crippen molar-refractivity contribution in [3.05, 3.63) is 57.0 Å². The molecule has 0 unspecified atom stereocenters. The van der Waals surface area contributed by atoms with Gasteiger partial charge in [0, 0.05) is 22.3 Å². The molecule has 4 nitrogen and oxygen atoms in total. The number of ether oxygens (including phenoxy) is 1. The highest BCUT2D eigenvalue weighted by Crippen LogP contribution is 2.26. The largest absolute Gasteiger partial charge is 0.496 e. The number of hydrogen-bond acceptors (Lipinski definition) is 3. The molecule has 0 fully saturated rings. The third-order valence-corrected chi connectivity index (χ3v) is 4.24. The highest BCUT2D eigenvalue weighted by molar-refractivity contribution is 9.10. The molecule has 0 aliphatic carbocycles. The summed E-state index contributed by atoms with van der Waals surface area (Å²) in [6.45, 7) is 0.301. The lowest BCUT2D eigenvalue weighted by Crippen LogP contribution is -2.23. The van der Waals surface area contributed by atoms with Crippen molar-refractivity contribution in [1.82, 2.24) is 5.32 Å². The standard InChI is InChI=1S/C15H14BrClN2O2/c1-21-13-6-5-10(18)7-9(13)8-19-15(20)11-3-2-4-12(16)14(11)17/h2-7H,8,18H2,1H3,(H,19,20). The van der Waals surface area contributed by atoms with Gasteiger partial charge in [0.25, 0.3) is 5.91 Å². The van der Waals surface area contributed by atoms with Gasteiger partial charge in [-0.25, -0.2) is 0 Å². The van der Waals surface area contributed by atoms with Crippen LogP contribution in [-0.4, -0.2) is 13.0 Å². The van der Waals surface area contributed by atoms with Crippen LogP contribution in [0.25, 0.3) is 0 Å². The summed E-state index contributed by atoms with van der Waals surface area (Å²) >= 11 is 9.40. The topological polar surface area (TPSA) is 64.3 Å². The SMILES string of the molecule is COc1ccc(N)cc1CNC(=O)c1cccc(Br)c1Cl. The summed E-state index contributed by atoms with van der Waals surface area (Å²) in [5, 5.41) is 3.19. The monoisotopic (exact) mass is 368 g/mol. The third kappa shape index (κ3) is 3.68. The molecule has 0 radical (unpaired) electrons. The first kappa shape index (κ1) is 15.7. The number of rotatable bonds is 4. The van der Waals surface area contributed by atoms with Gasteiger partial charge in [-0.3, -0.25) is 4.79 Å². The van der Waals surface area contributed by atoms with Crippen molar-refractivity contribution in [2.24, 2.45) is 0 Å². The third-order valence-electron chi connectivity index (χ3n) is 2.94. The molecule has 0 saturated carbocycles. The van der Waals surface area contributed by atoms with Crippen LogP contribution < -0.4 is 15.8 Å². The molecule has 3 N–H and O–H groups in total. The predicted molar refractivity (Wildman–Crippen MR) is 87.7 cm³/mol. The smallest absolute Gasteiger partial charge is 0.253 e. The van der Waals surface area contributed by atoms with Crippen LogP contribution in [-0.2, 0) is 6.54 Å². The van der Waals surface area contributed by atoms with Crippen LogP contribution in [0.1, 0.15) is 15.9 Å². The fourth-order valence-electron chi connectivity index (χ4n) is 1.89. The normalized spacial score (nSPS) is 10.2. The zero-order chi connectivity index (χ0) is 15.4. The Balaban J connectivity index is 2.15. The zero-order valence-electron chi connectivity index (χ0n) is 11.3. The minimum atomic E-state index is -0.259. The molecule has 2 aromatic carbocycles. The van der Waals surface area contributed by atoms with E-state index < -0.39 is 0 Å². The van der Waals surface area contributed by atoms with E-state index in [9.17, 15) is 4.79 Å². The van der Waals surface area contributed by atoms with Gasteiger partial charge in [-0.2, -0.15) is 0 Å². The number of hydrogen-bond donors (Lipinski definition) is 2. The predicted octanol–water partition coefficient (Wildman–Crippen LogP) is 3.62. The molecule has 0 aliphatic rings. The van der Waals surface area contributed by atoms with Crippen LogP contribution in [0.4, 0.5) is 5.69 Å². The zero-order valence-corrected chi connectivity index (χ0v) is 13.7. The van der Waals surface area contributed by atoms with E-state index in [1.807, 2.05) is 0 Å². The molecule has 6 heteroatoms. The highest BCUT2D eigenvalue weighted by atomic mass is 79.9. The van der Waals surface area contributed by atoms with E-state index in [2.05, 4.69) is 21.2 Å². The van der Waals surface area contributed by atoms with Crippen LogP contribution in [0.15, 0.2) is 40.9 Å². The van der Waals surface area contributed by atoms with Crippen molar-refractivity contribution in [2.75, 3.05) is 12.8 Å². The average molecular weight is 370 g/mol. The molecule has 110 valence electrons. The molecule has 0 aromatic heterocycles. The maximum atomic E-state index is 12.2. The summed E-state index contributed by atoms with van der Waals surface area (Å²) in [6.07, 6.45) is 0. The molecule has 0 atom stereocenters. The van der Waals surface area contributed by atoms with Crippen LogP contribution in [0, 0.1) is 0 Å². The van der Waals surface area contributed by atoms with Gasteiger partial charge in [0.1, 0.15) is 5.75 Å². The summed E-state index contributed by atoms with van der Waals surface area (Å²) < 4.78 is 5.92. The summed E-state index contributed by atoms with van der Waals surface area (Å²) in [5.74, 6) is 0.413. The summed E-state index contributed by atoms with van der Waals surface area (Å²) in [4.78, 5) is 12.2. The minimum absolute atomic E-state index is 0.259. The van der Waals surface area contributed by atoms with Crippen LogP contribution in [0.5, 0.6) is 5.75 Å². The first-order valence-electron chi connectivity index (χ1n) is 6.17. The highest BCUT2D eigenvalue weighted by Gasteiger charge is 2.13. The average Bonchev–Trinajstić information content (AvgIpc) is 2.47. The van der Waals surface area contributed by atoms with Crippen molar-refractivity contribution in [3.8, 4) is 5.75 Å². The fraction of sp³-hybridized carbons (Fsp3) is 0.133. The first-order valence-corrected chi connectivity index (χ1v) is 7.34. The van der Waals surface area contributed by atoms with Crippen LogP contribution in [0.3, 0.4) is 0 Å². The van der Waals surface area contributed by atoms with Gasteiger partial charge in [0.05, 0.1) is 17.7 Å². The Labute approximate surface area is 136 Å². The van der Waals surface area contributed by atoms with E-state index in [0.717, 1.165) is 5.56 Å². The van der Waals surface area contributed by atoms with Crippen molar-refractivity contribution in [3.63, 3.8) is 0 Å². The number of benzene rings is 2. The maximum Gasteiger partial charge on any atom is 0.253 e. The van der Waals surface area contributed by atoms with Crippen LogP contribution in [0.2, 0.25) is 5.02 Å². The Morgan fingerprint density at radius 3 is 2.86 bits per heavy atom. The molecular weight excluding hydrogens is 356 g/mol. The quantitative estimate of drug-likeness (QED) is 0.809. The Hall–Kier alpha value is -1.72. The van der Waals surface area contributed by atoms with Gasteiger partial charge >= 0.3 is 0 Å². The molecule has 0 spiro atoms. The summed E-state index contributed by atoms with van der Waals surface area (Å²) in [5.41, 5.74) is 7.57. The molecule has 0 aliphatic heterocycles. The molecule has 1 amide bonds. The number of halogens is 2. The number of nitrogen functional groups attached to an aromatic ring is 1. The number of nitrogens with two attached hydrogens (primary N) is 1. The summed E-state index contributed by atoms with van der Waals surface area (Å²) in [7, 11) is 1.57. The Kier molecular flexibility index (Phi) is 5.09. The second kappa shape index (κ2) is 6.83. The fourth-order valence-corrected chi connectivity index (χ4v) is 2.46. The number of amides is 1. The molecule has 0 saturated heterocycles. The van der Waals surface area contributed by atoms with Crippen molar-refractivity contribution in [1.29, 1.82) is 0 Å². The van der Waals surface area contributed by atoms with E-state index in [0.29, 0.717) is 33.0 Å². The first-order chi connectivity index (χ1) is 10.0. The second-order valence-electron chi connectivity index (χ2n) is 4.36. The van der Waals surface area contributed by atoms with E-state index >= 15 is 0 Å². The van der Waals surface area contributed by atoms with Crippen molar-refractivity contribution in [2.45, 2.75) is 6.54 Å². The number of carbonyl (C=O) groups is 1. The molecule has 21 heavy (non-hydrogen) atoms. The number of methoxy groups -OCH3 is 1. The van der Waals surface area contributed by atoms with Crippen molar-refractivity contribution >= 4 is 39.1 Å². The molecule has 0 bridgehead atoms. The lowest BCUT2D eigenvalue weighted by Gasteiger charge is -2.11. The Bertz CT molecular complexity index is 677.